The Balaban J connectivity index is 1.66. The molecule has 0 bridgehead atoms. The molecule has 1 aromatic rings. The molecule has 1 N–H and O–H groups in total. The summed E-state index contributed by atoms with van der Waals surface area (Å²) in [6.07, 6.45) is 3.57. The first-order valence-corrected chi connectivity index (χ1v) is 10.5. The Morgan fingerprint density at radius 2 is 1.85 bits per heavy atom. The van der Waals surface area contributed by atoms with E-state index in [-0.39, 0.29) is 35.3 Å². The molecular formula is C18H23N3O4S. The molecule has 3 aliphatic rings. The van der Waals surface area contributed by atoms with Gasteiger partial charge in [-0.15, -0.1) is 0 Å². The van der Waals surface area contributed by atoms with Gasteiger partial charge < -0.3 is 10.2 Å². The maximum absolute atomic E-state index is 13.3. The van der Waals surface area contributed by atoms with Crippen LogP contribution in [0.2, 0.25) is 0 Å². The molecule has 4 rings (SSSR count). The first-order valence-electron chi connectivity index (χ1n) is 9.05. The molecule has 0 aromatic heterocycles. The number of carbonyl (C=O) groups is 2. The third kappa shape index (κ3) is 2.91. The number of benzene rings is 1. The van der Waals surface area contributed by atoms with Gasteiger partial charge in [0.2, 0.25) is 21.8 Å². The van der Waals surface area contributed by atoms with Crippen LogP contribution in [-0.2, 0) is 32.7 Å². The molecule has 7 nitrogen and oxygen atoms in total. The average Bonchev–Trinajstić information content (AvgIpc) is 3.04. The van der Waals surface area contributed by atoms with Crippen LogP contribution in [-0.4, -0.2) is 48.1 Å². The highest BCUT2D eigenvalue weighted by Crippen LogP contribution is 2.32. The van der Waals surface area contributed by atoms with Crippen molar-refractivity contribution in [3.05, 3.63) is 29.3 Å². The SMILES string of the molecule is CC(=O)N1Cc2ccc(S(=O)(=O)N3CC(=O)NC4CCCCC43)cc2C1. The standard InChI is InChI=1S/C18H23N3O4S/c1-12(22)20-9-13-6-7-15(8-14(13)10-20)26(24,25)21-11-18(23)19-16-4-2-3-5-17(16)21/h6-8,16-17H,2-5,9-11H2,1H3,(H,19,23). The Morgan fingerprint density at radius 3 is 2.62 bits per heavy atom. The van der Waals surface area contributed by atoms with Crippen molar-refractivity contribution in [3.8, 4) is 0 Å². The van der Waals surface area contributed by atoms with Gasteiger partial charge in [0.1, 0.15) is 0 Å². The molecule has 2 atom stereocenters. The van der Waals surface area contributed by atoms with Crippen molar-refractivity contribution in [2.75, 3.05) is 6.54 Å². The second-order valence-corrected chi connectivity index (χ2v) is 9.27. The van der Waals surface area contributed by atoms with E-state index in [2.05, 4.69) is 5.32 Å². The van der Waals surface area contributed by atoms with Gasteiger partial charge >= 0.3 is 0 Å². The van der Waals surface area contributed by atoms with Gasteiger partial charge in [-0.1, -0.05) is 18.9 Å². The monoisotopic (exact) mass is 377 g/mol. The Hall–Kier alpha value is -1.93. The van der Waals surface area contributed by atoms with E-state index in [0.717, 1.165) is 36.8 Å². The minimum Gasteiger partial charge on any atom is -0.351 e. The van der Waals surface area contributed by atoms with Crippen LogP contribution < -0.4 is 5.32 Å². The van der Waals surface area contributed by atoms with Crippen LogP contribution in [0.3, 0.4) is 0 Å². The zero-order valence-corrected chi connectivity index (χ0v) is 15.6. The average molecular weight is 377 g/mol. The lowest BCUT2D eigenvalue weighted by Gasteiger charge is -2.42. The molecule has 2 amide bonds. The number of piperazine rings is 1. The number of sulfonamides is 1. The molecule has 2 fully saturated rings. The highest BCUT2D eigenvalue weighted by molar-refractivity contribution is 7.89. The van der Waals surface area contributed by atoms with E-state index >= 15 is 0 Å². The van der Waals surface area contributed by atoms with Crippen molar-refractivity contribution in [2.24, 2.45) is 0 Å². The molecule has 2 heterocycles. The highest BCUT2D eigenvalue weighted by atomic mass is 32.2. The molecule has 0 spiro atoms. The molecule has 1 aliphatic carbocycles. The lowest BCUT2D eigenvalue weighted by Crippen LogP contribution is -2.62. The summed E-state index contributed by atoms with van der Waals surface area (Å²) in [6.45, 7) is 2.33. The van der Waals surface area contributed by atoms with Crippen LogP contribution in [0.5, 0.6) is 0 Å². The summed E-state index contributed by atoms with van der Waals surface area (Å²) < 4.78 is 27.9. The van der Waals surface area contributed by atoms with Crippen LogP contribution in [0.25, 0.3) is 0 Å². The van der Waals surface area contributed by atoms with Gasteiger partial charge in [-0.25, -0.2) is 8.42 Å². The summed E-state index contributed by atoms with van der Waals surface area (Å²) >= 11 is 0. The van der Waals surface area contributed by atoms with Crippen molar-refractivity contribution in [1.29, 1.82) is 0 Å². The van der Waals surface area contributed by atoms with Crippen LogP contribution in [0.1, 0.15) is 43.7 Å². The molecule has 2 aliphatic heterocycles. The van der Waals surface area contributed by atoms with Crippen molar-refractivity contribution in [1.82, 2.24) is 14.5 Å². The molecule has 26 heavy (non-hydrogen) atoms. The van der Waals surface area contributed by atoms with E-state index in [1.165, 1.54) is 11.2 Å². The molecule has 1 saturated heterocycles. The van der Waals surface area contributed by atoms with Crippen LogP contribution in [0, 0.1) is 0 Å². The van der Waals surface area contributed by atoms with Gasteiger partial charge in [0, 0.05) is 32.1 Å². The van der Waals surface area contributed by atoms with E-state index in [1.54, 1.807) is 23.1 Å². The van der Waals surface area contributed by atoms with Gasteiger partial charge in [-0.2, -0.15) is 4.31 Å². The smallest absolute Gasteiger partial charge is 0.243 e. The number of nitrogens with zero attached hydrogens (tertiary/aromatic N) is 2. The number of nitrogens with one attached hydrogen (secondary N) is 1. The fraction of sp³-hybridized carbons (Fsp3) is 0.556. The van der Waals surface area contributed by atoms with E-state index in [0.29, 0.717) is 13.1 Å². The maximum Gasteiger partial charge on any atom is 0.243 e. The Morgan fingerprint density at radius 1 is 1.12 bits per heavy atom. The Labute approximate surface area is 153 Å². The largest absolute Gasteiger partial charge is 0.351 e. The number of amides is 2. The molecule has 1 aromatic carbocycles. The normalized spacial score (nSPS) is 26.2. The van der Waals surface area contributed by atoms with E-state index in [4.69, 9.17) is 0 Å². The van der Waals surface area contributed by atoms with Gasteiger partial charge in [-0.05, 0) is 36.1 Å². The lowest BCUT2D eigenvalue weighted by atomic mass is 9.89. The quantitative estimate of drug-likeness (QED) is 0.832. The van der Waals surface area contributed by atoms with E-state index in [1.807, 2.05) is 0 Å². The zero-order valence-electron chi connectivity index (χ0n) is 14.8. The van der Waals surface area contributed by atoms with Gasteiger partial charge in [0.05, 0.1) is 11.4 Å². The Kier molecular flexibility index (Phi) is 4.27. The second kappa shape index (κ2) is 6.35. The number of hydrogen-bond acceptors (Lipinski definition) is 4. The van der Waals surface area contributed by atoms with Crippen LogP contribution >= 0.6 is 0 Å². The van der Waals surface area contributed by atoms with Crippen molar-refractivity contribution < 1.29 is 18.0 Å². The minimum absolute atomic E-state index is 0.0247. The summed E-state index contributed by atoms with van der Waals surface area (Å²) in [4.78, 5) is 25.5. The Bertz CT molecular complexity index is 867. The maximum atomic E-state index is 13.3. The topological polar surface area (TPSA) is 86.8 Å². The molecule has 140 valence electrons. The first-order chi connectivity index (χ1) is 12.4. The molecule has 0 radical (unpaired) electrons. The summed E-state index contributed by atoms with van der Waals surface area (Å²) in [5.74, 6) is -0.260. The van der Waals surface area contributed by atoms with Crippen LogP contribution in [0.4, 0.5) is 0 Å². The lowest BCUT2D eigenvalue weighted by molar-refractivity contribution is -0.129. The molecule has 1 saturated carbocycles. The number of hydrogen-bond donors (Lipinski definition) is 1. The first kappa shape index (κ1) is 17.5. The number of rotatable bonds is 2. The zero-order chi connectivity index (χ0) is 18.5. The third-order valence-corrected chi connectivity index (χ3v) is 7.56. The van der Waals surface area contributed by atoms with Gasteiger partial charge in [0.25, 0.3) is 0 Å². The van der Waals surface area contributed by atoms with Crippen LogP contribution in [0.15, 0.2) is 23.1 Å². The van der Waals surface area contributed by atoms with E-state index in [9.17, 15) is 18.0 Å². The summed E-state index contributed by atoms with van der Waals surface area (Å²) in [6, 6.07) is 4.78. The third-order valence-electron chi connectivity index (χ3n) is 5.70. The molecular weight excluding hydrogens is 354 g/mol. The minimum atomic E-state index is -3.76. The van der Waals surface area contributed by atoms with Crippen molar-refractivity contribution in [3.63, 3.8) is 0 Å². The van der Waals surface area contributed by atoms with Crippen molar-refractivity contribution >= 4 is 21.8 Å². The summed E-state index contributed by atoms with van der Waals surface area (Å²) in [7, 11) is -3.76. The van der Waals surface area contributed by atoms with Crippen molar-refractivity contribution in [2.45, 2.75) is 62.7 Å². The number of fused-ring (bicyclic) bond motifs is 2. The highest BCUT2D eigenvalue weighted by Gasteiger charge is 2.43. The summed E-state index contributed by atoms with van der Waals surface area (Å²) in [5.41, 5.74) is 1.84. The van der Waals surface area contributed by atoms with E-state index < -0.39 is 10.0 Å². The summed E-state index contributed by atoms with van der Waals surface area (Å²) in [5, 5.41) is 2.94. The van der Waals surface area contributed by atoms with Gasteiger partial charge in [0.15, 0.2) is 0 Å². The molecule has 8 heteroatoms. The fourth-order valence-electron chi connectivity index (χ4n) is 4.29. The second-order valence-electron chi connectivity index (χ2n) is 7.38. The number of carbonyl (C=O) groups excluding carboxylic acids is 2. The fourth-order valence-corrected chi connectivity index (χ4v) is 5.99. The predicted molar refractivity (Wildman–Crippen MR) is 94.4 cm³/mol. The van der Waals surface area contributed by atoms with Gasteiger partial charge in [-0.3, -0.25) is 9.59 Å². The predicted octanol–water partition coefficient (Wildman–Crippen LogP) is 0.980. The molecule has 2 unspecified atom stereocenters.